The summed E-state index contributed by atoms with van der Waals surface area (Å²) in [6.45, 7) is -0.797. The van der Waals surface area contributed by atoms with E-state index < -0.39 is 50.2 Å². The first kappa shape index (κ1) is 28.3. The minimum absolute atomic E-state index is 0.0460. The van der Waals surface area contributed by atoms with Gasteiger partial charge in [0.25, 0.3) is 0 Å². The molecular formula is C17H30F6O6. The zero-order chi connectivity index (χ0) is 22.2. The topological polar surface area (TPSA) is 77.4 Å². The molecule has 12 heteroatoms. The van der Waals surface area contributed by atoms with E-state index in [1.165, 1.54) is 0 Å². The second-order valence-electron chi connectivity index (χ2n) is 6.48. The monoisotopic (exact) mass is 444 g/mol. The van der Waals surface area contributed by atoms with Crippen molar-refractivity contribution in [2.45, 2.75) is 31.6 Å². The Morgan fingerprint density at radius 3 is 1.14 bits per heavy atom. The predicted octanol–water partition coefficient (Wildman–Crippen LogP) is 2.56. The van der Waals surface area contributed by atoms with Crippen LogP contribution in [0.15, 0.2) is 0 Å². The van der Waals surface area contributed by atoms with Crippen molar-refractivity contribution in [1.29, 1.82) is 0 Å². The van der Waals surface area contributed by atoms with Crippen LogP contribution in [0.3, 0.4) is 0 Å². The number of hydrogen-bond acceptors (Lipinski definition) is 6. The van der Waals surface area contributed by atoms with Crippen LogP contribution in [0.5, 0.6) is 0 Å². The minimum Gasteiger partial charge on any atom is -0.396 e. The second-order valence-corrected chi connectivity index (χ2v) is 6.48. The molecule has 0 radical (unpaired) electrons. The normalized spacial score (nSPS) is 14.9. The molecule has 0 aliphatic heterocycles. The number of rotatable bonds is 18. The smallest absolute Gasteiger partial charge is 0.391 e. The molecule has 6 nitrogen and oxygen atoms in total. The van der Waals surface area contributed by atoms with Gasteiger partial charge in [-0.25, -0.2) is 0 Å². The fraction of sp³-hybridized carbons (Fsp3) is 1.00. The van der Waals surface area contributed by atoms with Crippen molar-refractivity contribution in [3.05, 3.63) is 0 Å². The third kappa shape index (κ3) is 20.4. The van der Waals surface area contributed by atoms with Crippen LogP contribution in [0.25, 0.3) is 0 Å². The van der Waals surface area contributed by atoms with E-state index in [1.807, 2.05) is 0 Å². The van der Waals surface area contributed by atoms with Crippen LogP contribution in [0.4, 0.5) is 26.3 Å². The van der Waals surface area contributed by atoms with E-state index in [4.69, 9.17) is 29.2 Å². The molecule has 2 atom stereocenters. The summed E-state index contributed by atoms with van der Waals surface area (Å²) in [4.78, 5) is 0. The molecule has 2 N–H and O–H groups in total. The van der Waals surface area contributed by atoms with Crippen molar-refractivity contribution in [2.24, 2.45) is 11.8 Å². The average molecular weight is 444 g/mol. The molecule has 29 heavy (non-hydrogen) atoms. The Labute approximate surface area is 166 Å². The number of alkyl halides is 6. The molecule has 0 spiro atoms. The lowest BCUT2D eigenvalue weighted by atomic mass is 10.2. The van der Waals surface area contributed by atoms with Gasteiger partial charge in [0, 0.05) is 25.0 Å². The molecule has 0 aromatic carbocycles. The van der Waals surface area contributed by atoms with Gasteiger partial charge in [-0.05, 0) is 6.42 Å². The maximum atomic E-state index is 12.0. The van der Waals surface area contributed by atoms with Crippen LogP contribution in [-0.4, -0.2) is 88.6 Å². The average Bonchev–Trinajstić information content (AvgIpc) is 2.62. The number of aliphatic hydroxyl groups excluding tert-OH is 2. The maximum Gasteiger partial charge on any atom is 0.391 e. The fourth-order valence-corrected chi connectivity index (χ4v) is 1.95. The fourth-order valence-electron chi connectivity index (χ4n) is 1.95. The van der Waals surface area contributed by atoms with Gasteiger partial charge < -0.3 is 29.2 Å². The molecule has 0 saturated carbocycles. The summed E-state index contributed by atoms with van der Waals surface area (Å²) in [6.07, 6.45) is -10.2. The van der Waals surface area contributed by atoms with Crippen molar-refractivity contribution in [2.75, 3.05) is 66.1 Å². The summed E-state index contributed by atoms with van der Waals surface area (Å²) >= 11 is 0. The van der Waals surface area contributed by atoms with Crippen LogP contribution in [0.2, 0.25) is 0 Å². The van der Waals surface area contributed by atoms with Gasteiger partial charge in [-0.15, -0.1) is 0 Å². The SMILES string of the molecule is OCC(COCCCOCC(CO)COCCC(F)(F)F)COCCC(F)(F)F. The van der Waals surface area contributed by atoms with Gasteiger partial charge in [0.2, 0.25) is 0 Å². The van der Waals surface area contributed by atoms with E-state index in [1.54, 1.807) is 0 Å². The Kier molecular flexibility index (Phi) is 15.7. The van der Waals surface area contributed by atoms with E-state index in [0.717, 1.165) is 0 Å². The molecule has 2 unspecified atom stereocenters. The van der Waals surface area contributed by atoms with Gasteiger partial charge in [-0.3, -0.25) is 0 Å². The summed E-state index contributed by atoms with van der Waals surface area (Å²) in [7, 11) is 0. The summed E-state index contributed by atoms with van der Waals surface area (Å²) < 4.78 is 92.2. The van der Waals surface area contributed by atoms with E-state index in [0.29, 0.717) is 6.42 Å². The first-order valence-electron chi connectivity index (χ1n) is 9.23. The van der Waals surface area contributed by atoms with Gasteiger partial charge in [0.05, 0.1) is 65.7 Å². The van der Waals surface area contributed by atoms with E-state index >= 15 is 0 Å². The molecule has 0 rings (SSSR count). The van der Waals surface area contributed by atoms with Crippen molar-refractivity contribution in [1.82, 2.24) is 0 Å². The molecular weight excluding hydrogens is 414 g/mol. The van der Waals surface area contributed by atoms with Crippen LogP contribution in [-0.2, 0) is 18.9 Å². The third-order valence-corrected chi connectivity index (χ3v) is 3.57. The standard InChI is InChI=1S/C17H30F6O6/c18-16(19,20)2-6-28-12-14(8-24)10-26-4-1-5-27-11-15(9-25)13-29-7-3-17(21,22)23/h14-15,24-25H,1-13H2. The van der Waals surface area contributed by atoms with E-state index in [-0.39, 0.29) is 52.9 Å². The van der Waals surface area contributed by atoms with Gasteiger partial charge in [-0.2, -0.15) is 26.3 Å². The molecule has 0 heterocycles. The van der Waals surface area contributed by atoms with Crippen molar-refractivity contribution >= 4 is 0 Å². The lowest BCUT2D eigenvalue weighted by molar-refractivity contribution is -0.147. The summed E-state index contributed by atoms with van der Waals surface area (Å²) in [5.74, 6) is -0.867. The van der Waals surface area contributed by atoms with Crippen molar-refractivity contribution in [3.63, 3.8) is 0 Å². The van der Waals surface area contributed by atoms with E-state index in [2.05, 4.69) is 0 Å². The van der Waals surface area contributed by atoms with Gasteiger partial charge in [0.15, 0.2) is 0 Å². The largest absolute Gasteiger partial charge is 0.396 e. The number of halogens is 6. The molecule has 0 aromatic heterocycles. The lowest BCUT2D eigenvalue weighted by Crippen LogP contribution is -2.23. The molecule has 0 aliphatic rings. The summed E-state index contributed by atoms with van der Waals surface area (Å²) in [6, 6.07) is 0. The molecule has 0 bridgehead atoms. The Balaban J connectivity index is 3.63. The molecule has 0 fully saturated rings. The lowest BCUT2D eigenvalue weighted by Gasteiger charge is -2.16. The van der Waals surface area contributed by atoms with Crippen LogP contribution in [0, 0.1) is 11.8 Å². The zero-order valence-corrected chi connectivity index (χ0v) is 16.1. The quantitative estimate of drug-likeness (QED) is 0.250. The Bertz CT molecular complexity index is 346. The highest BCUT2D eigenvalue weighted by Gasteiger charge is 2.27. The Morgan fingerprint density at radius 1 is 0.552 bits per heavy atom. The van der Waals surface area contributed by atoms with Crippen LogP contribution < -0.4 is 0 Å². The number of aliphatic hydroxyl groups is 2. The summed E-state index contributed by atoms with van der Waals surface area (Å²) in [5.41, 5.74) is 0. The molecule has 0 aliphatic carbocycles. The molecule has 0 saturated heterocycles. The van der Waals surface area contributed by atoms with Crippen molar-refractivity contribution in [3.8, 4) is 0 Å². The molecule has 0 aromatic rings. The van der Waals surface area contributed by atoms with E-state index in [9.17, 15) is 26.3 Å². The predicted molar refractivity (Wildman–Crippen MR) is 90.4 cm³/mol. The maximum absolute atomic E-state index is 12.0. The third-order valence-electron chi connectivity index (χ3n) is 3.57. The van der Waals surface area contributed by atoms with Gasteiger partial charge >= 0.3 is 12.4 Å². The second kappa shape index (κ2) is 16.1. The van der Waals surface area contributed by atoms with Crippen LogP contribution in [0.1, 0.15) is 19.3 Å². The number of ether oxygens (including phenoxy) is 4. The van der Waals surface area contributed by atoms with Crippen molar-refractivity contribution < 1.29 is 55.5 Å². The summed E-state index contributed by atoms with van der Waals surface area (Å²) in [5, 5.41) is 18.3. The molecule has 0 amide bonds. The van der Waals surface area contributed by atoms with Crippen LogP contribution >= 0.6 is 0 Å². The zero-order valence-electron chi connectivity index (χ0n) is 16.1. The Morgan fingerprint density at radius 2 is 0.862 bits per heavy atom. The highest BCUT2D eigenvalue weighted by atomic mass is 19.4. The first-order valence-corrected chi connectivity index (χ1v) is 9.23. The Hall–Kier alpha value is -0.660. The molecule has 176 valence electrons. The number of hydrogen-bond donors (Lipinski definition) is 2. The highest BCUT2D eigenvalue weighted by molar-refractivity contribution is 4.57. The first-order chi connectivity index (χ1) is 13.6. The van der Waals surface area contributed by atoms with Gasteiger partial charge in [-0.1, -0.05) is 0 Å². The minimum atomic E-state index is -4.28. The van der Waals surface area contributed by atoms with Gasteiger partial charge in [0.1, 0.15) is 0 Å². The highest BCUT2D eigenvalue weighted by Crippen LogP contribution is 2.19.